The van der Waals surface area contributed by atoms with Crippen LogP contribution >= 0.6 is 11.3 Å². The Bertz CT molecular complexity index is 502. The highest BCUT2D eigenvalue weighted by molar-refractivity contribution is 7.16. The molecule has 0 spiro atoms. The van der Waals surface area contributed by atoms with Gasteiger partial charge in [-0.2, -0.15) is 0 Å². The van der Waals surface area contributed by atoms with E-state index in [9.17, 15) is 0 Å². The third-order valence-corrected chi connectivity index (χ3v) is 3.13. The fourth-order valence-corrected chi connectivity index (χ4v) is 2.18. The lowest BCUT2D eigenvalue weighted by Crippen LogP contribution is -1.75. The SMILES string of the molecule is CCCC#Cc1ccc(-c2ccccn2)s1. The van der Waals surface area contributed by atoms with Gasteiger partial charge in [0.05, 0.1) is 15.4 Å². The van der Waals surface area contributed by atoms with Gasteiger partial charge in [-0.1, -0.05) is 24.8 Å². The van der Waals surface area contributed by atoms with Crippen molar-refractivity contribution in [1.29, 1.82) is 0 Å². The lowest BCUT2D eigenvalue weighted by atomic mass is 10.3. The van der Waals surface area contributed by atoms with Gasteiger partial charge in [-0.3, -0.25) is 4.98 Å². The molecule has 2 heterocycles. The highest BCUT2D eigenvalue weighted by Gasteiger charge is 2.01. The second kappa shape index (κ2) is 5.48. The van der Waals surface area contributed by atoms with Crippen molar-refractivity contribution in [3.8, 4) is 22.4 Å². The van der Waals surface area contributed by atoms with Gasteiger partial charge in [-0.05, 0) is 30.7 Å². The fraction of sp³-hybridized carbons (Fsp3) is 0.214. The number of rotatable bonds is 2. The third-order valence-electron chi connectivity index (χ3n) is 2.11. The molecule has 2 rings (SSSR count). The molecule has 80 valence electrons. The molecule has 0 N–H and O–H groups in total. The van der Waals surface area contributed by atoms with E-state index in [-0.39, 0.29) is 0 Å². The Morgan fingerprint density at radius 2 is 2.19 bits per heavy atom. The minimum absolute atomic E-state index is 0.969. The van der Waals surface area contributed by atoms with Crippen molar-refractivity contribution in [1.82, 2.24) is 4.98 Å². The van der Waals surface area contributed by atoms with Crippen LogP contribution in [-0.4, -0.2) is 4.98 Å². The molecule has 2 aromatic heterocycles. The van der Waals surface area contributed by atoms with Crippen molar-refractivity contribution < 1.29 is 0 Å². The summed E-state index contributed by atoms with van der Waals surface area (Å²) in [5.41, 5.74) is 1.02. The van der Waals surface area contributed by atoms with Crippen LogP contribution in [0.2, 0.25) is 0 Å². The third kappa shape index (κ3) is 2.71. The van der Waals surface area contributed by atoms with Crippen molar-refractivity contribution in [3.63, 3.8) is 0 Å². The fourth-order valence-electron chi connectivity index (χ4n) is 1.33. The van der Waals surface area contributed by atoms with E-state index >= 15 is 0 Å². The predicted octanol–water partition coefficient (Wildman–Crippen LogP) is 3.96. The molecule has 0 aliphatic rings. The number of pyridine rings is 1. The molecule has 0 fully saturated rings. The highest BCUT2D eigenvalue weighted by atomic mass is 32.1. The van der Waals surface area contributed by atoms with E-state index in [4.69, 9.17) is 0 Å². The molecule has 0 saturated heterocycles. The Labute approximate surface area is 100 Å². The van der Waals surface area contributed by atoms with Crippen LogP contribution in [0.3, 0.4) is 0 Å². The largest absolute Gasteiger partial charge is 0.255 e. The van der Waals surface area contributed by atoms with Gasteiger partial charge in [-0.25, -0.2) is 0 Å². The summed E-state index contributed by atoms with van der Waals surface area (Å²) in [5.74, 6) is 6.33. The van der Waals surface area contributed by atoms with Crippen LogP contribution in [0.25, 0.3) is 10.6 Å². The molecule has 1 nitrogen and oxygen atoms in total. The lowest BCUT2D eigenvalue weighted by molar-refractivity contribution is 0.983. The normalized spacial score (nSPS) is 9.56. The highest BCUT2D eigenvalue weighted by Crippen LogP contribution is 2.25. The minimum Gasteiger partial charge on any atom is -0.255 e. The molecule has 2 aromatic rings. The van der Waals surface area contributed by atoms with Gasteiger partial charge in [-0.15, -0.1) is 11.3 Å². The zero-order chi connectivity index (χ0) is 11.2. The first-order chi connectivity index (χ1) is 7.90. The Balaban J connectivity index is 2.18. The summed E-state index contributed by atoms with van der Waals surface area (Å²) >= 11 is 1.70. The van der Waals surface area contributed by atoms with Crippen LogP contribution in [0.15, 0.2) is 36.5 Å². The molecule has 0 radical (unpaired) electrons. The smallest absolute Gasteiger partial charge is 0.0802 e. The van der Waals surface area contributed by atoms with Crippen LogP contribution < -0.4 is 0 Å². The molecular formula is C14H13NS. The van der Waals surface area contributed by atoms with Gasteiger partial charge in [0.15, 0.2) is 0 Å². The van der Waals surface area contributed by atoms with Crippen LogP contribution in [0.1, 0.15) is 24.6 Å². The Morgan fingerprint density at radius 1 is 1.25 bits per heavy atom. The van der Waals surface area contributed by atoms with E-state index in [1.807, 2.05) is 24.4 Å². The van der Waals surface area contributed by atoms with Crippen LogP contribution in [0.4, 0.5) is 0 Å². The van der Waals surface area contributed by atoms with Crippen molar-refractivity contribution in [2.75, 3.05) is 0 Å². The molecule has 0 aromatic carbocycles. The van der Waals surface area contributed by atoms with Crippen molar-refractivity contribution in [3.05, 3.63) is 41.4 Å². The summed E-state index contributed by atoms with van der Waals surface area (Å²) < 4.78 is 0. The van der Waals surface area contributed by atoms with E-state index < -0.39 is 0 Å². The van der Waals surface area contributed by atoms with Crippen LogP contribution in [0, 0.1) is 11.8 Å². The maximum absolute atomic E-state index is 4.32. The molecular weight excluding hydrogens is 214 g/mol. The number of thiophene rings is 1. The summed E-state index contributed by atoms with van der Waals surface area (Å²) in [4.78, 5) is 6.62. The quantitative estimate of drug-likeness (QED) is 0.708. The van der Waals surface area contributed by atoms with Gasteiger partial charge in [0.1, 0.15) is 0 Å². The average Bonchev–Trinajstić information content (AvgIpc) is 2.79. The minimum atomic E-state index is 0.969. The number of hydrogen-bond donors (Lipinski definition) is 0. The lowest BCUT2D eigenvalue weighted by Gasteiger charge is -1.92. The van der Waals surface area contributed by atoms with Crippen molar-refractivity contribution in [2.24, 2.45) is 0 Å². The molecule has 0 unspecified atom stereocenters. The Morgan fingerprint density at radius 3 is 2.94 bits per heavy atom. The number of unbranched alkanes of at least 4 members (excludes halogenated alkanes) is 1. The predicted molar refractivity (Wildman–Crippen MR) is 69.3 cm³/mol. The van der Waals surface area contributed by atoms with E-state index in [0.29, 0.717) is 0 Å². The summed E-state index contributed by atoms with van der Waals surface area (Å²) in [6.07, 6.45) is 3.90. The van der Waals surface area contributed by atoms with Crippen LogP contribution in [0.5, 0.6) is 0 Å². The van der Waals surface area contributed by atoms with E-state index in [0.717, 1.165) is 23.4 Å². The second-order valence-electron chi connectivity index (χ2n) is 3.43. The van der Waals surface area contributed by atoms with Gasteiger partial charge in [0.2, 0.25) is 0 Å². The van der Waals surface area contributed by atoms with E-state index in [2.05, 4.69) is 35.9 Å². The summed E-state index contributed by atoms with van der Waals surface area (Å²) in [5, 5.41) is 0. The van der Waals surface area contributed by atoms with E-state index in [1.165, 1.54) is 4.88 Å². The first kappa shape index (κ1) is 10.9. The molecule has 0 amide bonds. The molecule has 0 aliphatic carbocycles. The van der Waals surface area contributed by atoms with E-state index in [1.54, 1.807) is 11.3 Å². The number of aromatic nitrogens is 1. The molecule has 0 aliphatic heterocycles. The number of hydrogen-bond acceptors (Lipinski definition) is 2. The average molecular weight is 227 g/mol. The summed E-state index contributed by atoms with van der Waals surface area (Å²) in [7, 11) is 0. The zero-order valence-corrected chi connectivity index (χ0v) is 10.1. The molecule has 16 heavy (non-hydrogen) atoms. The van der Waals surface area contributed by atoms with Crippen molar-refractivity contribution >= 4 is 11.3 Å². The standard InChI is InChI=1S/C14H13NS/c1-2-3-4-7-12-9-10-14(16-12)13-8-5-6-11-15-13/h5-6,8-11H,2-3H2,1H3. The molecule has 0 saturated carbocycles. The maximum atomic E-state index is 4.32. The summed E-state index contributed by atoms with van der Waals surface area (Å²) in [6, 6.07) is 10.1. The zero-order valence-electron chi connectivity index (χ0n) is 9.23. The van der Waals surface area contributed by atoms with Crippen molar-refractivity contribution in [2.45, 2.75) is 19.8 Å². The Hall–Kier alpha value is -1.59. The maximum Gasteiger partial charge on any atom is 0.0802 e. The first-order valence-electron chi connectivity index (χ1n) is 5.40. The topological polar surface area (TPSA) is 12.9 Å². The van der Waals surface area contributed by atoms with Gasteiger partial charge in [0.25, 0.3) is 0 Å². The second-order valence-corrected chi connectivity index (χ2v) is 4.51. The van der Waals surface area contributed by atoms with Gasteiger partial charge >= 0.3 is 0 Å². The molecule has 0 atom stereocenters. The van der Waals surface area contributed by atoms with Gasteiger partial charge < -0.3 is 0 Å². The molecule has 2 heteroatoms. The van der Waals surface area contributed by atoms with Gasteiger partial charge in [0, 0.05) is 12.6 Å². The first-order valence-corrected chi connectivity index (χ1v) is 6.22. The summed E-state index contributed by atoms with van der Waals surface area (Å²) in [6.45, 7) is 2.14. The Kier molecular flexibility index (Phi) is 3.74. The number of nitrogens with zero attached hydrogens (tertiary/aromatic N) is 1. The monoisotopic (exact) mass is 227 g/mol. The molecule has 0 bridgehead atoms. The van der Waals surface area contributed by atoms with Crippen LogP contribution in [-0.2, 0) is 0 Å².